The highest BCUT2D eigenvalue weighted by atomic mass is 32.1. The van der Waals surface area contributed by atoms with Gasteiger partial charge in [-0.3, -0.25) is 4.98 Å². The first-order chi connectivity index (χ1) is 7.88. The molecule has 16 heavy (non-hydrogen) atoms. The van der Waals surface area contributed by atoms with Gasteiger partial charge in [0, 0.05) is 17.1 Å². The van der Waals surface area contributed by atoms with Crippen LogP contribution < -0.4 is 5.32 Å². The molecule has 1 heterocycles. The molecular weight excluding hydrogens is 216 g/mol. The van der Waals surface area contributed by atoms with Gasteiger partial charge in [-0.1, -0.05) is 32.6 Å². The van der Waals surface area contributed by atoms with Gasteiger partial charge in [-0.15, -0.1) is 11.3 Å². The Hall–Kier alpha value is -0.410. The molecule has 1 aliphatic rings. The van der Waals surface area contributed by atoms with Crippen LogP contribution in [0.25, 0.3) is 0 Å². The molecule has 1 aliphatic carbocycles. The van der Waals surface area contributed by atoms with Crippen molar-refractivity contribution in [2.45, 2.75) is 51.5 Å². The molecule has 1 fully saturated rings. The topological polar surface area (TPSA) is 24.9 Å². The maximum Gasteiger partial charge on any atom is 0.0794 e. The summed E-state index contributed by atoms with van der Waals surface area (Å²) in [7, 11) is 0. The Labute approximate surface area is 102 Å². The predicted molar refractivity (Wildman–Crippen MR) is 69.9 cm³/mol. The van der Waals surface area contributed by atoms with Gasteiger partial charge in [0.05, 0.1) is 5.51 Å². The van der Waals surface area contributed by atoms with Crippen LogP contribution in [0, 0.1) is 5.92 Å². The van der Waals surface area contributed by atoms with Gasteiger partial charge in [0.1, 0.15) is 0 Å². The van der Waals surface area contributed by atoms with E-state index in [-0.39, 0.29) is 0 Å². The molecule has 0 spiro atoms. The molecule has 0 saturated heterocycles. The van der Waals surface area contributed by atoms with Crippen LogP contribution in [-0.4, -0.2) is 17.6 Å². The molecule has 1 aromatic rings. The van der Waals surface area contributed by atoms with Gasteiger partial charge >= 0.3 is 0 Å². The number of hydrogen-bond donors (Lipinski definition) is 1. The second kappa shape index (κ2) is 6.36. The van der Waals surface area contributed by atoms with Gasteiger partial charge < -0.3 is 5.32 Å². The minimum Gasteiger partial charge on any atom is -0.314 e. The summed E-state index contributed by atoms with van der Waals surface area (Å²) in [4.78, 5) is 5.58. The van der Waals surface area contributed by atoms with E-state index in [1.165, 1.54) is 37.0 Å². The fraction of sp³-hybridized carbons (Fsp3) is 0.769. The maximum absolute atomic E-state index is 4.16. The van der Waals surface area contributed by atoms with Gasteiger partial charge in [-0.25, -0.2) is 0 Å². The maximum atomic E-state index is 4.16. The van der Waals surface area contributed by atoms with E-state index in [2.05, 4.69) is 17.2 Å². The molecule has 1 unspecified atom stereocenters. The van der Waals surface area contributed by atoms with Gasteiger partial charge in [0.15, 0.2) is 0 Å². The lowest BCUT2D eigenvalue weighted by Crippen LogP contribution is -2.32. The monoisotopic (exact) mass is 238 g/mol. The van der Waals surface area contributed by atoms with Crippen LogP contribution in [-0.2, 0) is 6.42 Å². The molecule has 0 aliphatic heterocycles. The van der Waals surface area contributed by atoms with Crippen LogP contribution in [0.15, 0.2) is 11.7 Å². The normalized spacial score (nSPS) is 19.1. The van der Waals surface area contributed by atoms with E-state index < -0.39 is 0 Å². The highest BCUT2D eigenvalue weighted by Crippen LogP contribution is 2.29. The third-order valence-electron chi connectivity index (χ3n) is 3.52. The molecule has 1 aromatic heterocycles. The summed E-state index contributed by atoms with van der Waals surface area (Å²) in [6.07, 6.45) is 10.3. The molecule has 0 aromatic carbocycles. The first-order valence-corrected chi connectivity index (χ1v) is 7.37. The number of nitrogens with one attached hydrogen (secondary N) is 1. The van der Waals surface area contributed by atoms with Gasteiger partial charge in [0.25, 0.3) is 0 Å². The Kier molecular flexibility index (Phi) is 4.79. The molecule has 1 N–H and O–H groups in total. The van der Waals surface area contributed by atoms with E-state index in [4.69, 9.17) is 0 Å². The van der Waals surface area contributed by atoms with E-state index in [0.717, 1.165) is 18.9 Å². The van der Waals surface area contributed by atoms with Crippen LogP contribution in [0.2, 0.25) is 0 Å². The summed E-state index contributed by atoms with van der Waals surface area (Å²) in [5, 5.41) is 3.63. The summed E-state index contributed by atoms with van der Waals surface area (Å²) < 4.78 is 0. The summed E-state index contributed by atoms with van der Waals surface area (Å²) in [5.74, 6) is 0.969. The van der Waals surface area contributed by atoms with Gasteiger partial charge in [-0.2, -0.15) is 0 Å². The van der Waals surface area contributed by atoms with Gasteiger partial charge in [-0.05, 0) is 25.3 Å². The van der Waals surface area contributed by atoms with E-state index in [1.54, 1.807) is 11.3 Å². The van der Waals surface area contributed by atoms with E-state index in [9.17, 15) is 0 Å². The van der Waals surface area contributed by atoms with Crippen LogP contribution in [0.4, 0.5) is 0 Å². The first kappa shape index (κ1) is 12.1. The Balaban J connectivity index is 1.83. The van der Waals surface area contributed by atoms with E-state index in [0.29, 0.717) is 6.04 Å². The van der Waals surface area contributed by atoms with E-state index >= 15 is 0 Å². The SMILES string of the molecule is CCNC(Cc1cncs1)CC1CCCC1. The molecular formula is C13H22N2S. The third kappa shape index (κ3) is 3.56. The first-order valence-electron chi connectivity index (χ1n) is 6.49. The van der Waals surface area contributed by atoms with Crippen molar-refractivity contribution in [3.63, 3.8) is 0 Å². The minimum atomic E-state index is 0.661. The number of thiazole rings is 1. The second-order valence-electron chi connectivity index (χ2n) is 4.81. The predicted octanol–water partition coefficient (Wildman–Crippen LogP) is 3.24. The summed E-state index contributed by atoms with van der Waals surface area (Å²) in [5.41, 5.74) is 1.94. The van der Waals surface area contributed by atoms with Crippen molar-refractivity contribution in [3.05, 3.63) is 16.6 Å². The molecule has 1 saturated carbocycles. The van der Waals surface area contributed by atoms with Crippen molar-refractivity contribution < 1.29 is 0 Å². The van der Waals surface area contributed by atoms with Crippen molar-refractivity contribution in [1.82, 2.24) is 10.3 Å². The highest BCUT2D eigenvalue weighted by Gasteiger charge is 2.20. The Morgan fingerprint density at radius 3 is 2.94 bits per heavy atom. The summed E-state index contributed by atoms with van der Waals surface area (Å²) in [6.45, 7) is 3.28. The largest absolute Gasteiger partial charge is 0.314 e. The van der Waals surface area contributed by atoms with Crippen LogP contribution in [0.1, 0.15) is 43.9 Å². The van der Waals surface area contributed by atoms with Crippen molar-refractivity contribution in [2.75, 3.05) is 6.54 Å². The number of likely N-dealkylation sites (N-methyl/N-ethyl adjacent to an activating group) is 1. The Morgan fingerprint density at radius 2 is 2.31 bits per heavy atom. The molecule has 3 heteroatoms. The minimum absolute atomic E-state index is 0.661. The van der Waals surface area contributed by atoms with Crippen molar-refractivity contribution in [1.29, 1.82) is 0 Å². The molecule has 2 nitrogen and oxygen atoms in total. The quantitative estimate of drug-likeness (QED) is 0.823. The molecule has 90 valence electrons. The van der Waals surface area contributed by atoms with Crippen molar-refractivity contribution >= 4 is 11.3 Å². The van der Waals surface area contributed by atoms with Gasteiger partial charge in [0.2, 0.25) is 0 Å². The fourth-order valence-electron chi connectivity index (χ4n) is 2.76. The lowest BCUT2D eigenvalue weighted by molar-refractivity contribution is 0.391. The summed E-state index contributed by atoms with van der Waals surface area (Å²) >= 11 is 1.78. The van der Waals surface area contributed by atoms with Crippen LogP contribution >= 0.6 is 11.3 Å². The molecule has 2 rings (SSSR count). The number of rotatable bonds is 6. The van der Waals surface area contributed by atoms with Crippen LogP contribution in [0.3, 0.4) is 0 Å². The number of nitrogens with zero attached hydrogens (tertiary/aromatic N) is 1. The zero-order valence-corrected chi connectivity index (χ0v) is 10.9. The van der Waals surface area contributed by atoms with Crippen LogP contribution in [0.5, 0.6) is 0 Å². The highest BCUT2D eigenvalue weighted by molar-refractivity contribution is 7.09. The average Bonchev–Trinajstić information content (AvgIpc) is 2.91. The standard InChI is InChI=1S/C13H22N2S/c1-2-15-12(7-11-5-3-4-6-11)8-13-9-14-10-16-13/h9-12,15H,2-8H2,1H3. The zero-order chi connectivity index (χ0) is 11.2. The fourth-order valence-corrected chi connectivity index (χ4v) is 3.44. The lowest BCUT2D eigenvalue weighted by atomic mass is 9.96. The average molecular weight is 238 g/mol. The number of hydrogen-bond acceptors (Lipinski definition) is 3. The molecule has 0 bridgehead atoms. The Bertz CT molecular complexity index is 278. The molecule has 1 atom stereocenters. The van der Waals surface area contributed by atoms with E-state index in [1.807, 2.05) is 11.7 Å². The van der Waals surface area contributed by atoms with Crippen molar-refractivity contribution in [2.24, 2.45) is 5.92 Å². The molecule has 0 radical (unpaired) electrons. The lowest BCUT2D eigenvalue weighted by Gasteiger charge is -2.20. The zero-order valence-electron chi connectivity index (χ0n) is 10.1. The third-order valence-corrected chi connectivity index (χ3v) is 4.32. The second-order valence-corrected chi connectivity index (χ2v) is 5.78. The smallest absolute Gasteiger partial charge is 0.0794 e. The Morgan fingerprint density at radius 1 is 1.50 bits per heavy atom. The summed E-state index contributed by atoms with van der Waals surface area (Å²) in [6, 6.07) is 0.661. The number of aromatic nitrogens is 1. The van der Waals surface area contributed by atoms with Crippen molar-refractivity contribution in [3.8, 4) is 0 Å². The molecule has 0 amide bonds.